The molecule has 0 fully saturated rings. The van der Waals surface area contributed by atoms with Crippen LogP contribution in [0.3, 0.4) is 0 Å². The lowest BCUT2D eigenvalue weighted by Crippen LogP contribution is -2.09. The van der Waals surface area contributed by atoms with Gasteiger partial charge in [0.25, 0.3) is 0 Å². The number of benzene rings is 1. The first kappa shape index (κ1) is 10.0. The Morgan fingerprint density at radius 3 is 2.23 bits per heavy atom. The zero-order chi connectivity index (χ0) is 9.90. The molecule has 13 heavy (non-hydrogen) atoms. The van der Waals surface area contributed by atoms with E-state index in [0.717, 1.165) is 11.0 Å². The molecule has 1 nitrogen and oxygen atoms in total. The van der Waals surface area contributed by atoms with Crippen LogP contribution < -0.4 is 0 Å². The van der Waals surface area contributed by atoms with Crippen LogP contribution in [0.25, 0.3) is 0 Å². The van der Waals surface area contributed by atoms with Gasteiger partial charge in [0, 0.05) is 10.5 Å². The third-order valence-corrected chi connectivity index (χ3v) is 2.34. The van der Waals surface area contributed by atoms with Gasteiger partial charge in [-0.15, -0.1) is 11.8 Å². The van der Waals surface area contributed by atoms with Crippen molar-refractivity contribution >= 4 is 11.8 Å². The zero-order valence-electron chi connectivity index (χ0n) is 6.92. The van der Waals surface area contributed by atoms with E-state index in [1.54, 1.807) is 12.1 Å². The van der Waals surface area contributed by atoms with Crippen molar-refractivity contribution in [3.8, 4) is 6.07 Å². The highest BCUT2D eigenvalue weighted by molar-refractivity contribution is 7.98. The Kier molecular flexibility index (Phi) is 2.89. The van der Waals surface area contributed by atoms with Crippen LogP contribution >= 0.6 is 11.8 Å². The lowest BCUT2D eigenvalue weighted by Gasteiger charge is -2.07. The molecule has 0 N–H and O–H groups in total. The number of alkyl halides is 2. The Balaban J connectivity index is 3.00. The molecule has 0 aliphatic carbocycles. The summed E-state index contributed by atoms with van der Waals surface area (Å²) < 4.78 is 25.5. The van der Waals surface area contributed by atoms with Gasteiger partial charge in [-0.2, -0.15) is 14.0 Å². The van der Waals surface area contributed by atoms with Gasteiger partial charge >= 0.3 is 5.92 Å². The minimum absolute atomic E-state index is 0.257. The molecular formula is C9H7F2NS. The summed E-state index contributed by atoms with van der Waals surface area (Å²) in [6, 6.07) is 6.65. The Bertz CT molecular complexity index is 326. The second-order valence-corrected chi connectivity index (χ2v) is 3.29. The Hall–Kier alpha value is -1.08. The summed E-state index contributed by atoms with van der Waals surface area (Å²) in [4.78, 5) is 0.900. The van der Waals surface area contributed by atoms with Crippen LogP contribution in [0.5, 0.6) is 0 Å². The Morgan fingerprint density at radius 1 is 1.31 bits per heavy atom. The number of halogens is 2. The third-order valence-electron chi connectivity index (χ3n) is 1.59. The summed E-state index contributed by atoms with van der Waals surface area (Å²) >= 11 is 1.47. The third kappa shape index (κ3) is 2.19. The molecule has 0 radical (unpaired) electrons. The highest BCUT2D eigenvalue weighted by Crippen LogP contribution is 2.28. The number of hydrogen-bond acceptors (Lipinski definition) is 2. The fourth-order valence-corrected chi connectivity index (χ4v) is 1.27. The van der Waals surface area contributed by atoms with Crippen molar-refractivity contribution in [3.05, 3.63) is 29.8 Å². The number of hydrogen-bond donors (Lipinski definition) is 0. The first-order valence-electron chi connectivity index (χ1n) is 3.54. The minimum atomic E-state index is -3.38. The Labute approximate surface area is 79.4 Å². The largest absolute Gasteiger partial charge is 0.357 e. The minimum Gasteiger partial charge on any atom is -0.191 e. The van der Waals surface area contributed by atoms with Gasteiger partial charge in [-0.05, 0) is 18.4 Å². The molecule has 0 amide bonds. The molecular weight excluding hydrogens is 192 g/mol. The van der Waals surface area contributed by atoms with Crippen molar-refractivity contribution < 1.29 is 8.78 Å². The highest BCUT2D eigenvalue weighted by Gasteiger charge is 2.30. The van der Waals surface area contributed by atoms with Crippen LogP contribution in [0.4, 0.5) is 8.78 Å². The average Bonchev–Trinajstić information content (AvgIpc) is 2.18. The van der Waals surface area contributed by atoms with Crippen LogP contribution in [0, 0.1) is 11.3 Å². The maximum absolute atomic E-state index is 12.8. The van der Waals surface area contributed by atoms with Crippen molar-refractivity contribution in [1.29, 1.82) is 5.26 Å². The first-order chi connectivity index (χ1) is 6.10. The first-order valence-corrected chi connectivity index (χ1v) is 4.76. The van der Waals surface area contributed by atoms with E-state index in [2.05, 4.69) is 0 Å². The average molecular weight is 199 g/mol. The second-order valence-electron chi connectivity index (χ2n) is 2.41. The predicted octanol–water partition coefficient (Wildman–Crippen LogP) is 3.02. The molecule has 0 saturated heterocycles. The molecule has 0 bridgehead atoms. The molecule has 1 rings (SSSR count). The molecule has 0 saturated carbocycles. The van der Waals surface area contributed by atoms with Crippen LogP contribution in [0.2, 0.25) is 0 Å². The van der Waals surface area contributed by atoms with Crippen LogP contribution in [-0.2, 0) is 5.92 Å². The normalized spacial score (nSPS) is 10.9. The molecule has 0 aliphatic rings. The number of nitriles is 1. The summed E-state index contributed by atoms with van der Waals surface area (Å²) in [6.07, 6.45) is 1.86. The molecule has 0 aromatic heterocycles. The van der Waals surface area contributed by atoms with Gasteiger partial charge in [-0.25, -0.2) is 0 Å². The molecule has 0 unspecified atom stereocenters. The summed E-state index contributed by atoms with van der Waals surface area (Å²) in [6.45, 7) is 0. The van der Waals surface area contributed by atoms with E-state index >= 15 is 0 Å². The molecule has 4 heteroatoms. The highest BCUT2D eigenvalue weighted by atomic mass is 32.2. The van der Waals surface area contributed by atoms with Gasteiger partial charge < -0.3 is 0 Å². The van der Waals surface area contributed by atoms with Crippen LogP contribution in [0.15, 0.2) is 29.2 Å². The van der Waals surface area contributed by atoms with Crippen molar-refractivity contribution in [2.24, 2.45) is 0 Å². The Morgan fingerprint density at radius 2 is 1.85 bits per heavy atom. The molecule has 0 atom stereocenters. The summed E-state index contributed by atoms with van der Waals surface area (Å²) in [7, 11) is 0. The fraction of sp³-hybridized carbons (Fsp3) is 0.222. The van der Waals surface area contributed by atoms with Gasteiger partial charge in [0.15, 0.2) is 0 Å². The monoisotopic (exact) mass is 199 g/mol. The van der Waals surface area contributed by atoms with Gasteiger partial charge in [0.1, 0.15) is 6.07 Å². The summed E-state index contributed by atoms with van der Waals surface area (Å²) in [5, 5.41) is 8.17. The maximum atomic E-state index is 12.8. The molecule has 0 aliphatic heterocycles. The molecule has 1 aromatic carbocycles. The van der Waals surface area contributed by atoms with E-state index in [4.69, 9.17) is 5.26 Å². The van der Waals surface area contributed by atoms with Crippen molar-refractivity contribution in [2.75, 3.05) is 6.26 Å². The van der Waals surface area contributed by atoms with Crippen molar-refractivity contribution in [2.45, 2.75) is 10.8 Å². The molecule has 68 valence electrons. The van der Waals surface area contributed by atoms with E-state index in [1.165, 1.54) is 23.9 Å². The van der Waals surface area contributed by atoms with Gasteiger partial charge in [-0.1, -0.05) is 12.1 Å². The van der Waals surface area contributed by atoms with Gasteiger partial charge in [0.05, 0.1) is 0 Å². The fourth-order valence-electron chi connectivity index (χ4n) is 0.865. The topological polar surface area (TPSA) is 23.8 Å². The molecule has 1 aromatic rings. The van der Waals surface area contributed by atoms with E-state index in [-0.39, 0.29) is 5.56 Å². The smallest absolute Gasteiger partial charge is 0.191 e. The molecule has 0 heterocycles. The number of rotatable bonds is 2. The van der Waals surface area contributed by atoms with Gasteiger partial charge in [-0.3, -0.25) is 0 Å². The maximum Gasteiger partial charge on any atom is 0.357 e. The summed E-state index contributed by atoms with van der Waals surface area (Å²) in [5.41, 5.74) is -0.257. The zero-order valence-corrected chi connectivity index (χ0v) is 7.74. The van der Waals surface area contributed by atoms with Crippen LogP contribution in [0.1, 0.15) is 5.56 Å². The predicted molar refractivity (Wildman–Crippen MR) is 47.7 cm³/mol. The second kappa shape index (κ2) is 3.75. The van der Waals surface area contributed by atoms with E-state index in [9.17, 15) is 8.78 Å². The lowest BCUT2D eigenvalue weighted by atomic mass is 10.1. The number of nitrogens with zero attached hydrogens (tertiary/aromatic N) is 1. The quantitative estimate of drug-likeness (QED) is 0.683. The van der Waals surface area contributed by atoms with Crippen LogP contribution in [-0.4, -0.2) is 6.26 Å². The van der Waals surface area contributed by atoms with E-state index in [0.29, 0.717) is 0 Å². The number of thioether (sulfide) groups is 1. The standard InChI is InChI=1S/C9H7F2NS/c1-13-8-4-2-7(3-5-8)9(10,11)6-12/h2-5H,1H3. The van der Waals surface area contributed by atoms with E-state index < -0.39 is 5.92 Å². The van der Waals surface area contributed by atoms with Crippen molar-refractivity contribution in [3.63, 3.8) is 0 Å². The molecule has 0 spiro atoms. The van der Waals surface area contributed by atoms with Crippen molar-refractivity contribution in [1.82, 2.24) is 0 Å². The van der Waals surface area contributed by atoms with Gasteiger partial charge in [0.2, 0.25) is 0 Å². The SMILES string of the molecule is CSc1ccc(C(F)(F)C#N)cc1. The lowest BCUT2D eigenvalue weighted by molar-refractivity contribution is 0.0612. The van der Waals surface area contributed by atoms with E-state index in [1.807, 2.05) is 6.26 Å². The summed E-state index contributed by atoms with van der Waals surface area (Å²) in [5.74, 6) is -3.38.